The second kappa shape index (κ2) is 5.40. The summed E-state index contributed by atoms with van der Waals surface area (Å²) in [5, 5.41) is 2.77. The lowest BCUT2D eigenvalue weighted by atomic mass is 9.63. The normalized spacial score (nSPS) is 37.1. The lowest BCUT2D eigenvalue weighted by molar-refractivity contribution is -0.142. The average molecular weight is 448 g/mol. The van der Waals surface area contributed by atoms with Crippen LogP contribution in [0.2, 0.25) is 0 Å². The molecule has 25 heavy (non-hydrogen) atoms. The highest BCUT2D eigenvalue weighted by Crippen LogP contribution is 2.65. The van der Waals surface area contributed by atoms with E-state index < -0.39 is 0 Å². The monoisotopic (exact) mass is 448 g/mol. The number of halogens is 1. The molecule has 1 saturated heterocycles. The molecule has 5 nitrogen and oxygen atoms in total. The van der Waals surface area contributed by atoms with Crippen molar-refractivity contribution in [2.75, 3.05) is 11.9 Å². The molecule has 2 bridgehead atoms. The number of amides is 3. The van der Waals surface area contributed by atoms with E-state index in [1.165, 1.54) is 4.90 Å². The Bertz CT molecular complexity index is 782. The second-order valence-electron chi connectivity index (χ2n) is 7.47. The van der Waals surface area contributed by atoms with E-state index >= 15 is 0 Å². The number of nitrogens with zero attached hydrogens (tertiary/aromatic N) is 1. The third-order valence-corrected chi connectivity index (χ3v) is 6.90. The van der Waals surface area contributed by atoms with Crippen LogP contribution in [0.15, 0.2) is 36.4 Å². The van der Waals surface area contributed by atoms with E-state index in [9.17, 15) is 14.4 Å². The Labute approximate surface area is 159 Å². The molecule has 6 rings (SSSR count). The highest BCUT2D eigenvalue weighted by Gasteiger charge is 2.67. The van der Waals surface area contributed by atoms with Crippen molar-refractivity contribution in [2.24, 2.45) is 35.5 Å². The summed E-state index contributed by atoms with van der Waals surface area (Å²) in [4.78, 5) is 39.2. The van der Waals surface area contributed by atoms with Gasteiger partial charge in [-0.2, -0.15) is 0 Å². The molecule has 0 unspecified atom stereocenters. The molecule has 5 aliphatic rings. The van der Waals surface area contributed by atoms with Crippen LogP contribution in [-0.2, 0) is 14.4 Å². The van der Waals surface area contributed by atoms with E-state index in [1.807, 2.05) is 24.3 Å². The van der Waals surface area contributed by atoms with Crippen LogP contribution in [0.3, 0.4) is 0 Å². The first-order chi connectivity index (χ1) is 12.0. The number of carbonyl (C=O) groups excluding carboxylic acids is 3. The average Bonchev–Trinajstić information content (AvgIpc) is 3.38. The fourth-order valence-corrected chi connectivity index (χ4v) is 5.41. The molecule has 0 radical (unpaired) electrons. The number of allylic oxidation sites excluding steroid dienone is 2. The van der Waals surface area contributed by atoms with Crippen LogP contribution in [0, 0.1) is 39.1 Å². The minimum atomic E-state index is -0.327. The highest BCUT2D eigenvalue weighted by molar-refractivity contribution is 14.1. The second-order valence-corrected chi connectivity index (χ2v) is 8.72. The Hall–Kier alpha value is -1.70. The first-order valence-electron chi connectivity index (χ1n) is 8.63. The van der Waals surface area contributed by atoms with Gasteiger partial charge in [0.05, 0.1) is 11.8 Å². The molecular weight excluding hydrogens is 431 g/mol. The van der Waals surface area contributed by atoms with Gasteiger partial charge >= 0.3 is 0 Å². The summed E-state index contributed by atoms with van der Waals surface area (Å²) >= 11 is 2.19. The molecule has 1 aliphatic heterocycles. The van der Waals surface area contributed by atoms with Gasteiger partial charge in [-0.15, -0.1) is 0 Å². The topological polar surface area (TPSA) is 66.5 Å². The van der Waals surface area contributed by atoms with E-state index in [-0.39, 0.29) is 47.9 Å². The zero-order valence-corrected chi connectivity index (χ0v) is 15.5. The van der Waals surface area contributed by atoms with Crippen LogP contribution in [-0.4, -0.2) is 29.2 Å². The lowest BCUT2D eigenvalue weighted by Crippen LogP contribution is -2.40. The first-order valence-corrected chi connectivity index (χ1v) is 9.71. The number of hydrogen-bond acceptors (Lipinski definition) is 3. The minimum Gasteiger partial charge on any atom is -0.325 e. The van der Waals surface area contributed by atoms with Crippen molar-refractivity contribution in [1.82, 2.24) is 4.90 Å². The summed E-state index contributed by atoms with van der Waals surface area (Å²) in [6, 6.07) is 7.41. The van der Waals surface area contributed by atoms with Gasteiger partial charge in [0.15, 0.2) is 0 Å². The number of anilines is 1. The van der Waals surface area contributed by atoms with Crippen molar-refractivity contribution in [2.45, 2.75) is 6.42 Å². The van der Waals surface area contributed by atoms with Gasteiger partial charge < -0.3 is 5.32 Å². The number of hydrogen-bond donors (Lipinski definition) is 1. The molecule has 4 aliphatic carbocycles. The number of likely N-dealkylation sites (tertiary alicyclic amines) is 1. The van der Waals surface area contributed by atoms with Crippen molar-refractivity contribution in [3.63, 3.8) is 0 Å². The van der Waals surface area contributed by atoms with Crippen molar-refractivity contribution in [1.29, 1.82) is 0 Å². The molecule has 1 aromatic rings. The Balaban J connectivity index is 1.32. The van der Waals surface area contributed by atoms with E-state index in [4.69, 9.17) is 0 Å². The molecule has 2 saturated carbocycles. The van der Waals surface area contributed by atoms with Crippen molar-refractivity contribution >= 4 is 46.0 Å². The lowest BCUT2D eigenvalue weighted by Gasteiger charge is -2.37. The summed E-state index contributed by atoms with van der Waals surface area (Å²) in [5.74, 6) is 0.431. The van der Waals surface area contributed by atoms with Gasteiger partial charge in [-0.1, -0.05) is 12.2 Å². The summed E-state index contributed by atoms with van der Waals surface area (Å²) in [7, 11) is 0. The summed E-state index contributed by atoms with van der Waals surface area (Å²) in [5.41, 5.74) is 0.671. The van der Waals surface area contributed by atoms with Crippen LogP contribution in [0.25, 0.3) is 0 Å². The SMILES string of the molecule is O=C(CN1C(=O)[C@@H]2[C@@H]3C=C[C@@H]([C@H]4C[C@H]34)[C@@H]2C1=O)Nc1ccc(I)cc1. The molecular formula is C19H17IN2O3. The van der Waals surface area contributed by atoms with E-state index in [2.05, 4.69) is 40.1 Å². The summed E-state index contributed by atoms with van der Waals surface area (Å²) < 4.78 is 1.08. The van der Waals surface area contributed by atoms with Gasteiger partial charge in [-0.25, -0.2) is 0 Å². The first kappa shape index (κ1) is 15.5. The summed E-state index contributed by atoms with van der Waals surface area (Å²) in [6.45, 7) is -0.189. The van der Waals surface area contributed by atoms with Crippen LogP contribution in [0.4, 0.5) is 5.69 Å². The third kappa shape index (κ3) is 2.29. The van der Waals surface area contributed by atoms with Crippen molar-refractivity contribution < 1.29 is 14.4 Å². The smallest absolute Gasteiger partial charge is 0.244 e. The van der Waals surface area contributed by atoms with Crippen LogP contribution < -0.4 is 5.32 Å². The van der Waals surface area contributed by atoms with E-state index in [0.717, 1.165) is 9.99 Å². The number of carbonyl (C=O) groups is 3. The van der Waals surface area contributed by atoms with Gasteiger partial charge in [0, 0.05) is 9.26 Å². The van der Waals surface area contributed by atoms with Crippen LogP contribution in [0.5, 0.6) is 0 Å². The maximum absolute atomic E-state index is 12.8. The molecule has 6 heteroatoms. The Morgan fingerprint density at radius 1 is 1.04 bits per heavy atom. The molecule has 3 fully saturated rings. The van der Waals surface area contributed by atoms with E-state index in [1.54, 1.807) is 0 Å². The van der Waals surface area contributed by atoms with Crippen molar-refractivity contribution in [3.05, 3.63) is 40.0 Å². The van der Waals surface area contributed by atoms with Gasteiger partial charge in [0.2, 0.25) is 17.7 Å². The minimum absolute atomic E-state index is 0.155. The molecule has 3 amide bonds. The number of rotatable bonds is 3. The Morgan fingerprint density at radius 2 is 1.60 bits per heavy atom. The van der Waals surface area contributed by atoms with Gasteiger partial charge in [0.1, 0.15) is 6.54 Å². The zero-order chi connectivity index (χ0) is 17.3. The number of imide groups is 1. The van der Waals surface area contributed by atoms with Crippen LogP contribution in [0.1, 0.15) is 6.42 Å². The fourth-order valence-electron chi connectivity index (χ4n) is 5.05. The van der Waals surface area contributed by atoms with Gasteiger partial charge in [0.25, 0.3) is 0 Å². The maximum Gasteiger partial charge on any atom is 0.244 e. The molecule has 1 N–H and O–H groups in total. The van der Waals surface area contributed by atoms with Gasteiger partial charge in [-0.05, 0) is 76.9 Å². The molecule has 128 valence electrons. The molecule has 6 atom stereocenters. The highest BCUT2D eigenvalue weighted by atomic mass is 127. The van der Waals surface area contributed by atoms with Gasteiger partial charge in [-0.3, -0.25) is 19.3 Å². The van der Waals surface area contributed by atoms with Crippen molar-refractivity contribution in [3.8, 4) is 0 Å². The third-order valence-electron chi connectivity index (χ3n) is 6.18. The molecule has 0 spiro atoms. The standard InChI is InChI=1S/C19H17IN2O3/c20-9-1-3-10(4-2-9)21-15(23)8-22-18(24)16-11-5-6-12(14-7-13(11)14)17(16)19(22)25/h1-6,11-14,16-17H,7-8H2,(H,21,23)/t11-,12+,13-,14-,16-,17+/m1/s1. The molecule has 1 aromatic carbocycles. The fraction of sp³-hybridized carbons (Fsp3) is 0.421. The zero-order valence-electron chi connectivity index (χ0n) is 13.4. The van der Waals surface area contributed by atoms with E-state index in [0.29, 0.717) is 17.5 Å². The number of benzene rings is 1. The molecule has 1 heterocycles. The van der Waals surface area contributed by atoms with Crippen LogP contribution >= 0.6 is 22.6 Å². The predicted octanol–water partition coefficient (Wildman–Crippen LogP) is 2.28. The quantitative estimate of drug-likeness (QED) is 0.439. The predicted molar refractivity (Wildman–Crippen MR) is 99.2 cm³/mol. The maximum atomic E-state index is 12.8. The number of nitrogens with one attached hydrogen (secondary N) is 1. The molecule has 0 aromatic heterocycles. The Kier molecular flexibility index (Phi) is 3.36. The Morgan fingerprint density at radius 3 is 2.16 bits per heavy atom. The summed E-state index contributed by atoms with van der Waals surface area (Å²) in [6.07, 6.45) is 5.42. The largest absolute Gasteiger partial charge is 0.325 e.